The molecule has 1 heterocycles. The number of para-hydroxylation sites is 1. The van der Waals surface area contributed by atoms with E-state index in [1.165, 1.54) is 4.57 Å². The van der Waals surface area contributed by atoms with Crippen LogP contribution in [0.2, 0.25) is 0 Å². The van der Waals surface area contributed by atoms with Gasteiger partial charge in [-0.2, -0.15) is 0 Å². The summed E-state index contributed by atoms with van der Waals surface area (Å²) in [6.45, 7) is 2.46. The molecular weight excluding hydrogens is 364 g/mol. The smallest absolute Gasteiger partial charge is 0.265 e. The number of aromatic nitrogens is 1. The molecule has 1 N–H and O–H groups in total. The molecule has 29 heavy (non-hydrogen) atoms. The predicted octanol–water partition coefficient (Wildman–Crippen LogP) is 4.85. The number of hydrogen-bond donors (Lipinski definition) is 1. The molecule has 0 radical (unpaired) electrons. The number of aliphatic imine (C=N–C) groups is 1. The highest BCUT2D eigenvalue weighted by Crippen LogP contribution is 2.27. The van der Waals surface area contributed by atoms with Gasteiger partial charge in [-0.3, -0.25) is 9.79 Å². The molecule has 0 saturated heterocycles. The summed E-state index contributed by atoms with van der Waals surface area (Å²) in [5, 5.41) is 12.2. The zero-order valence-electron chi connectivity index (χ0n) is 15.9. The van der Waals surface area contributed by atoms with Crippen molar-refractivity contribution in [3.05, 3.63) is 94.8 Å². The second kappa shape index (κ2) is 8.02. The molecule has 4 aromatic rings. The average molecular weight is 384 g/mol. The van der Waals surface area contributed by atoms with Crippen LogP contribution in [-0.2, 0) is 0 Å². The van der Waals surface area contributed by atoms with Gasteiger partial charge < -0.3 is 9.84 Å². The minimum atomic E-state index is -0.292. The lowest BCUT2D eigenvalue weighted by Gasteiger charge is -2.14. The van der Waals surface area contributed by atoms with Crippen molar-refractivity contribution < 1.29 is 9.84 Å². The van der Waals surface area contributed by atoms with Crippen molar-refractivity contribution >= 4 is 22.7 Å². The Morgan fingerprint density at radius 2 is 1.59 bits per heavy atom. The third-order valence-electron chi connectivity index (χ3n) is 4.61. The Kier molecular flexibility index (Phi) is 5.12. The number of benzene rings is 3. The first kappa shape index (κ1) is 18.5. The van der Waals surface area contributed by atoms with E-state index in [-0.39, 0.29) is 11.4 Å². The lowest BCUT2D eigenvalue weighted by molar-refractivity contribution is 0.340. The molecule has 4 rings (SSSR count). The van der Waals surface area contributed by atoms with E-state index in [0.29, 0.717) is 34.4 Å². The van der Waals surface area contributed by atoms with E-state index >= 15 is 0 Å². The fraction of sp³-hybridized carbons (Fsp3) is 0.0833. The average Bonchev–Trinajstić information content (AvgIpc) is 2.76. The molecule has 0 bridgehead atoms. The van der Waals surface area contributed by atoms with Gasteiger partial charge in [0, 0.05) is 17.0 Å². The summed E-state index contributed by atoms with van der Waals surface area (Å²) in [5.74, 6) is 0.549. The van der Waals surface area contributed by atoms with Gasteiger partial charge in [0.05, 0.1) is 23.5 Å². The van der Waals surface area contributed by atoms with Crippen LogP contribution in [0.15, 0.2) is 88.6 Å². The molecule has 0 fully saturated rings. The molecule has 0 saturated carbocycles. The number of aromatic hydroxyl groups is 1. The monoisotopic (exact) mass is 384 g/mol. The summed E-state index contributed by atoms with van der Waals surface area (Å²) in [6.07, 6.45) is 1.59. The van der Waals surface area contributed by atoms with Crippen LogP contribution in [0.4, 0.5) is 5.69 Å². The van der Waals surface area contributed by atoms with E-state index in [1.807, 2.05) is 49.4 Å². The maximum atomic E-state index is 13.1. The van der Waals surface area contributed by atoms with E-state index in [9.17, 15) is 9.90 Å². The van der Waals surface area contributed by atoms with Crippen molar-refractivity contribution in [2.24, 2.45) is 4.99 Å². The van der Waals surface area contributed by atoms with Crippen molar-refractivity contribution in [1.29, 1.82) is 0 Å². The first-order chi connectivity index (χ1) is 14.2. The summed E-state index contributed by atoms with van der Waals surface area (Å²) in [7, 11) is 0. The van der Waals surface area contributed by atoms with Gasteiger partial charge in [-0.15, -0.1) is 0 Å². The van der Waals surface area contributed by atoms with Gasteiger partial charge in [0.1, 0.15) is 5.75 Å². The normalized spacial score (nSPS) is 11.2. The van der Waals surface area contributed by atoms with Crippen molar-refractivity contribution in [1.82, 2.24) is 4.57 Å². The second-order valence-electron chi connectivity index (χ2n) is 6.44. The molecule has 5 heteroatoms. The number of fused-ring (bicyclic) bond motifs is 1. The molecule has 0 spiro atoms. The summed E-state index contributed by atoms with van der Waals surface area (Å²) in [6, 6.07) is 23.7. The maximum absolute atomic E-state index is 13.1. The summed E-state index contributed by atoms with van der Waals surface area (Å²) >= 11 is 0. The van der Waals surface area contributed by atoms with Crippen LogP contribution in [0.3, 0.4) is 0 Å². The minimum Gasteiger partial charge on any atom is -0.494 e. The molecule has 0 aliphatic carbocycles. The number of rotatable bonds is 5. The van der Waals surface area contributed by atoms with Gasteiger partial charge in [-0.05, 0) is 49.4 Å². The van der Waals surface area contributed by atoms with Gasteiger partial charge >= 0.3 is 0 Å². The van der Waals surface area contributed by atoms with Gasteiger partial charge in [-0.25, -0.2) is 4.57 Å². The molecule has 5 nitrogen and oxygen atoms in total. The quantitative estimate of drug-likeness (QED) is 0.501. The van der Waals surface area contributed by atoms with E-state index in [0.717, 1.165) is 5.69 Å². The molecule has 3 aromatic carbocycles. The Morgan fingerprint density at radius 3 is 2.28 bits per heavy atom. The fourth-order valence-electron chi connectivity index (χ4n) is 3.24. The Hall–Kier alpha value is -3.86. The highest BCUT2D eigenvalue weighted by molar-refractivity contribution is 6.02. The van der Waals surface area contributed by atoms with E-state index < -0.39 is 0 Å². The van der Waals surface area contributed by atoms with E-state index in [2.05, 4.69) is 4.99 Å². The molecule has 1 aromatic heterocycles. The first-order valence-electron chi connectivity index (χ1n) is 9.38. The van der Waals surface area contributed by atoms with E-state index in [1.54, 1.807) is 42.6 Å². The van der Waals surface area contributed by atoms with Gasteiger partial charge in [-0.1, -0.05) is 36.4 Å². The van der Waals surface area contributed by atoms with Crippen molar-refractivity contribution in [2.75, 3.05) is 6.61 Å². The molecule has 0 amide bonds. The highest BCUT2D eigenvalue weighted by Gasteiger charge is 2.16. The number of ether oxygens (including phenoxy) is 1. The number of nitrogens with zero attached hydrogens (tertiary/aromatic N) is 2. The zero-order chi connectivity index (χ0) is 20.2. The lowest BCUT2D eigenvalue weighted by Crippen LogP contribution is -2.20. The van der Waals surface area contributed by atoms with Crippen LogP contribution in [-0.4, -0.2) is 22.5 Å². The topological polar surface area (TPSA) is 63.8 Å². The standard InChI is InChI=1S/C24H20N2O3/c1-2-29-19-14-12-18(13-15-19)26-23(27)21-11-7-6-10-20(21)22(24(26)28)16-25-17-8-4-3-5-9-17/h3-16,28H,2H2,1H3. The van der Waals surface area contributed by atoms with Crippen LogP contribution in [0.1, 0.15) is 12.5 Å². The summed E-state index contributed by atoms with van der Waals surface area (Å²) < 4.78 is 6.76. The fourth-order valence-corrected chi connectivity index (χ4v) is 3.24. The van der Waals surface area contributed by atoms with Gasteiger partial charge in [0.2, 0.25) is 5.88 Å². The SMILES string of the molecule is CCOc1ccc(-n2c(O)c(C=Nc3ccccc3)c3ccccc3c2=O)cc1. The van der Waals surface area contributed by atoms with Crippen molar-refractivity contribution in [3.8, 4) is 17.3 Å². The van der Waals surface area contributed by atoms with Crippen LogP contribution in [0.5, 0.6) is 11.6 Å². The number of pyridine rings is 1. The highest BCUT2D eigenvalue weighted by atomic mass is 16.5. The maximum Gasteiger partial charge on any atom is 0.265 e. The Balaban J connectivity index is 1.91. The molecule has 0 aliphatic rings. The largest absolute Gasteiger partial charge is 0.494 e. The van der Waals surface area contributed by atoms with Crippen LogP contribution in [0.25, 0.3) is 16.5 Å². The molecular formula is C24H20N2O3. The Bertz CT molecular complexity index is 1230. The Morgan fingerprint density at radius 1 is 0.931 bits per heavy atom. The van der Waals surface area contributed by atoms with E-state index in [4.69, 9.17) is 4.74 Å². The third-order valence-corrected chi connectivity index (χ3v) is 4.61. The molecule has 0 unspecified atom stereocenters. The van der Waals surface area contributed by atoms with Crippen molar-refractivity contribution in [2.45, 2.75) is 6.92 Å². The third kappa shape index (κ3) is 3.62. The van der Waals surface area contributed by atoms with Gasteiger partial charge in [0.15, 0.2) is 0 Å². The first-order valence-corrected chi connectivity index (χ1v) is 9.38. The zero-order valence-corrected chi connectivity index (χ0v) is 15.9. The lowest BCUT2D eigenvalue weighted by atomic mass is 10.1. The summed E-state index contributed by atoms with van der Waals surface area (Å²) in [5.41, 5.74) is 1.50. The van der Waals surface area contributed by atoms with Crippen LogP contribution in [0, 0.1) is 0 Å². The predicted molar refractivity (Wildman–Crippen MR) is 116 cm³/mol. The van der Waals surface area contributed by atoms with Crippen LogP contribution < -0.4 is 10.3 Å². The summed E-state index contributed by atoms with van der Waals surface area (Å²) in [4.78, 5) is 17.6. The second-order valence-corrected chi connectivity index (χ2v) is 6.44. The van der Waals surface area contributed by atoms with Crippen LogP contribution >= 0.6 is 0 Å². The molecule has 144 valence electrons. The molecule has 0 aliphatic heterocycles. The Labute approximate surface area is 168 Å². The minimum absolute atomic E-state index is 0.155. The molecule has 0 atom stereocenters. The number of hydrogen-bond acceptors (Lipinski definition) is 4. The van der Waals surface area contributed by atoms with Gasteiger partial charge in [0.25, 0.3) is 5.56 Å². The van der Waals surface area contributed by atoms with Crippen molar-refractivity contribution in [3.63, 3.8) is 0 Å².